The van der Waals surface area contributed by atoms with Crippen LogP contribution in [0, 0.1) is 5.82 Å². The molecule has 1 aromatic heterocycles. The number of para-hydroxylation sites is 1. The average Bonchev–Trinajstić information content (AvgIpc) is 2.83. The zero-order valence-electron chi connectivity index (χ0n) is 8.70. The zero-order valence-corrected chi connectivity index (χ0v) is 8.70. The van der Waals surface area contributed by atoms with Crippen LogP contribution in [-0.2, 0) is 0 Å². The van der Waals surface area contributed by atoms with Crippen molar-refractivity contribution in [3.8, 4) is 0 Å². The number of hydrogen-bond donors (Lipinski definition) is 3. The van der Waals surface area contributed by atoms with Gasteiger partial charge in [0.05, 0.1) is 17.4 Å². The van der Waals surface area contributed by atoms with Crippen LogP contribution in [0.5, 0.6) is 0 Å². The van der Waals surface area contributed by atoms with E-state index < -0.39 is 17.9 Å². The maximum absolute atomic E-state index is 13.6. The molecule has 17 heavy (non-hydrogen) atoms. The van der Waals surface area contributed by atoms with E-state index in [0.717, 1.165) is 0 Å². The standard InChI is InChI=1S/C11H9FN4O/c12-7-3-1-2-6-9(7)14-11(17)15-10(6)8-4-5-13-16-8/h1-5,10H,(H,13,16)(H2,14,15,17). The number of fused-ring (bicyclic) bond motifs is 1. The highest BCUT2D eigenvalue weighted by Gasteiger charge is 2.28. The molecule has 2 heterocycles. The first-order valence-electron chi connectivity index (χ1n) is 5.11. The molecule has 3 N–H and O–H groups in total. The van der Waals surface area contributed by atoms with Crippen molar-refractivity contribution in [3.05, 3.63) is 47.5 Å². The summed E-state index contributed by atoms with van der Waals surface area (Å²) in [6.45, 7) is 0. The molecule has 1 aliphatic rings. The SMILES string of the molecule is O=C1Nc2c(F)cccc2C(c2ccn[nH]2)N1. The van der Waals surface area contributed by atoms with Crippen LogP contribution in [0.2, 0.25) is 0 Å². The number of rotatable bonds is 1. The Balaban J connectivity index is 2.15. The first-order valence-corrected chi connectivity index (χ1v) is 5.11. The number of amides is 2. The van der Waals surface area contributed by atoms with Gasteiger partial charge in [-0.3, -0.25) is 5.10 Å². The summed E-state index contributed by atoms with van der Waals surface area (Å²) in [5.41, 5.74) is 1.61. The van der Waals surface area contributed by atoms with E-state index in [4.69, 9.17) is 0 Å². The van der Waals surface area contributed by atoms with Gasteiger partial charge in [-0.05, 0) is 12.1 Å². The molecular weight excluding hydrogens is 223 g/mol. The van der Waals surface area contributed by atoms with E-state index in [1.165, 1.54) is 6.07 Å². The Labute approximate surface area is 96.0 Å². The lowest BCUT2D eigenvalue weighted by atomic mass is 10.00. The quantitative estimate of drug-likeness (QED) is 0.701. The number of nitrogens with one attached hydrogen (secondary N) is 3. The van der Waals surface area contributed by atoms with Crippen molar-refractivity contribution in [3.63, 3.8) is 0 Å². The van der Waals surface area contributed by atoms with Crippen LogP contribution in [-0.4, -0.2) is 16.2 Å². The molecule has 0 spiro atoms. The van der Waals surface area contributed by atoms with Gasteiger partial charge >= 0.3 is 6.03 Å². The minimum absolute atomic E-state index is 0.218. The number of aromatic amines is 1. The summed E-state index contributed by atoms with van der Waals surface area (Å²) in [4.78, 5) is 11.5. The van der Waals surface area contributed by atoms with E-state index in [-0.39, 0.29) is 5.69 Å². The Morgan fingerprint density at radius 1 is 1.29 bits per heavy atom. The summed E-state index contributed by atoms with van der Waals surface area (Å²) in [6.07, 6.45) is 1.59. The fraction of sp³-hybridized carbons (Fsp3) is 0.0909. The van der Waals surface area contributed by atoms with Gasteiger partial charge in [0.15, 0.2) is 0 Å². The lowest BCUT2D eigenvalue weighted by Crippen LogP contribution is -2.38. The number of halogens is 1. The number of aromatic nitrogens is 2. The van der Waals surface area contributed by atoms with Crippen LogP contribution >= 0.6 is 0 Å². The van der Waals surface area contributed by atoms with Crippen molar-refractivity contribution in [2.75, 3.05) is 5.32 Å². The fourth-order valence-electron chi connectivity index (χ4n) is 1.94. The first kappa shape index (κ1) is 9.83. The lowest BCUT2D eigenvalue weighted by Gasteiger charge is -2.26. The van der Waals surface area contributed by atoms with Gasteiger partial charge in [-0.15, -0.1) is 0 Å². The van der Waals surface area contributed by atoms with Gasteiger partial charge in [0.25, 0.3) is 0 Å². The third kappa shape index (κ3) is 1.54. The molecule has 1 aliphatic heterocycles. The van der Waals surface area contributed by atoms with Gasteiger partial charge < -0.3 is 10.6 Å². The Bertz CT molecular complexity index is 567. The summed E-state index contributed by atoms with van der Waals surface area (Å²) in [6, 6.07) is 5.59. The van der Waals surface area contributed by atoms with E-state index in [9.17, 15) is 9.18 Å². The summed E-state index contributed by atoms with van der Waals surface area (Å²) >= 11 is 0. The minimum Gasteiger partial charge on any atom is -0.325 e. The summed E-state index contributed by atoms with van der Waals surface area (Å²) in [7, 11) is 0. The second kappa shape index (κ2) is 3.58. The van der Waals surface area contributed by atoms with E-state index in [2.05, 4.69) is 20.8 Å². The smallest absolute Gasteiger partial charge is 0.320 e. The average molecular weight is 232 g/mol. The Morgan fingerprint density at radius 3 is 2.94 bits per heavy atom. The molecule has 1 aromatic carbocycles. The zero-order chi connectivity index (χ0) is 11.8. The predicted octanol–water partition coefficient (Wildman–Crippen LogP) is 1.77. The molecule has 0 saturated heterocycles. The van der Waals surface area contributed by atoms with Gasteiger partial charge in [0.2, 0.25) is 0 Å². The topological polar surface area (TPSA) is 69.8 Å². The fourth-order valence-corrected chi connectivity index (χ4v) is 1.94. The van der Waals surface area contributed by atoms with Crippen LogP contribution in [0.4, 0.5) is 14.9 Å². The number of carbonyl (C=O) groups is 1. The summed E-state index contributed by atoms with van der Waals surface area (Å²) in [5, 5.41) is 11.8. The highest BCUT2D eigenvalue weighted by molar-refractivity contribution is 5.93. The monoisotopic (exact) mass is 232 g/mol. The molecule has 2 amide bonds. The minimum atomic E-state index is -0.443. The molecule has 1 unspecified atom stereocenters. The molecule has 0 radical (unpaired) electrons. The number of benzene rings is 1. The van der Waals surface area contributed by atoms with Gasteiger partial charge in [-0.1, -0.05) is 12.1 Å². The van der Waals surface area contributed by atoms with Gasteiger partial charge in [0.1, 0.15) is 5.82 Å². The molecule has 0 aliphatic carbocycles. The van der Waals surface area contributed by atoms with Crippen LogP contribution in [0.15, 0.2) is 30.5 Å². The molecule has 6 heteroatoms. The first-order chi connectivity index (χ1) is 8.25. The maximum atomic E-state index is 13.6. The molecule has 1 atom stereocenters. The Hall–Kier alpha value is -2.37. The number of urea groups is 1. The van der Waals surface area contributed by atoms with E-state index in [1.807, 2.05) is 0 Å². The summed E-state index contributed by atoms with van der Waals surface area (Å²) < 4.78 is 13.6. The highest BCUT2D eigenvalue weighted by Crippen LogP contribution is 2.32. The molecule has 86 valence electrons. The van der Waals surface area contributed by atoms with Gasteiger partial charge in [-0.2, -0.15) is 5.10 Å². The molecule has 0 bridgehead atoms. The van der Waals surface area contributed by atoms with E-state index >= 15 is 0 Å². The molecule has 5 nitrogen and oxygen atoms in total. The second-order valence-electron chi connectivity index (χ2n) is 3.75. The number of H-pyrrole nitrogens is 1. The van der Waals surface area contributed by atoms with E-state index in [0.29, 0.717) is 11.3 Å². The molecule has 0 saturated carbocycles. The highest BCUT2D eigenvalue weighted by atomic mass is 19.1. The van der Waals surface area contributed by atoms with Crippen LogP contribution < -0.4 is 10.6 Å². The maximum Gasteiger partial charge on any atom is 0.320 e. The van der Waals surface area contributed by atoms with Crippen molar-refractivity contribution in [2.45, 2.75) is 6.04 Å². The normalized spacial score (nSPS) is 18.2. The van der Waals surface area contributed by atoms with Crippen molar-refractivity contribution in [2.24, 2.45) is 0 Å². The van der Waals surface area contributed by atoms with Crippen molar-refractivity contribution >= 4 is 11.7 Å². The number of anilines is 1. The van der Waals surface area contributed by atoms with Crippen molar-refractivity contribution in [1.82, 2.24) is 15.5 Å². The van der Waals surface area contributed by atoms with Crippen LogP contribution in [0.1, 0.15) is 17.3 Å². The Morgan fingerprint density at radius 2 is 2.18 bits per heavy atom. The van der Waals surface area contributed by atoms with E-state index in [1.54, 1.807) is 24.4 Å². The number of hydrogen-bond acceptors (Lipinski definition) is 2. The molecular formula is C11H9FN4O. The largest absolute Gasteiger partial charge is 0.325 e. The predicted molar refractivity (Wildman–Crippen MR) is 59.0 cm³/mol. The van der Waals surface area contributed by atoms with Crippen molar-refractivity contribution in [1.29, 1.82) is 0 Å². The van der Waals surface area contributed by atoms with Gasteiger partial charge in [0, 0.05) is 11.8 Å². The number of carbonyl (C=O) groups excluding carboxylic acids is 1. The lowest BCUT2D eigenvalue weighted by molar-refractivity contribution is 0.248. The molecule has 2 aromatic rings. The number of nitrogens with zero attached hydrogens (tertiary/aromatic N) is 1. The third-order valence-electron chi connectivity index (χ3n) is 2.70. The van der Waals surface area contributed by atoms with Crippen LogP contribution in [0.3, 0.4) is 0 Å². The third-order valence-corrected chi connectivity index (χ3v) is 2.70. The second-order valence-corrected chi connectivity index (χ2v) is 3.75. The van der Waals surface area contributed by atoms with Gasteiger partial charge in [-0.25, -0.2) is 9.18 Å². The van der Waals surface area contributed by atoms with Crippen molar-refractivity contribution < 1.29 is 9.18 Å². The Kier molecular flexibility index (Phi) is 2.07. The summed E-state index contributed by atoms with van der Waals surface area (Å²) in [5.74, 6) is -0.443. The molecule has 3 rings (SSSR count). The molecule has 0 fully saturated rings. The van der Waals surface area contributed by atoms with Crippen LogP contribution in [0.25, 0.3) is 0 Å².